The summed E-state index contributed by atoms with van der Waals surface area (Å²) in [6.45, 7) is 2.41. The van der Waals surface area contributed by atoms with Gasteiger partial charge in [0.2, 0.25) is 10.0 Å². The Morgan fingerprint density at radius 3 is 2.52 bits per heavy atom. The third-order valence-electron chi connectivity index (χ3n) is 3.51. The van der Waals surface area contributed by atoms with Crippen LogP contribution < -0.4 is 9.46 Å². The smallest absolute Gasteiger partial charge is 0.240 e. The van der Waals surface area contributed by atoms with Gasteiger partial charge < -0.3 is 4.74 Å². The number of unbranched alkanes of at least 4 members (excludes halogenated alkanes) is 1. The van der Waals surface area contributed by atoms with E-state index in [0.29, 0.717) is 17.8 Å². The molecule has 25 heavy (non-hydrogen) atoms. The van der Waals surface area contributed by atoms with E-state index in [4.69, 9.17) is 4.74 Å². The Morgan fingerprint density at radius 2 is 1.92 bits per heavy atom. The zero-order valence-corrected chi connectivity index (χ0v) is 15.0. The van der Waals surface area contributed by atoms with Crippen molar-refractivity contribution in [1.82, 2.24) is 4.72 Å². The molecule has 0 atom stereocenters. The van der Waals surface area contributed by atoms with E-state index < -0.39 is 15.8 Å². The molecule has 0 heterocycles. The monoisotopic (exact) mass is 364 g/mol. The average molecular weight is 364 g/mol. The van der Waals surface area contributed by atoms with Crippen LogP contribution in [-0.2, 0) is 10.0 Å². The summed E-state index contributed by atoms with van der Waals surface area (Å²) in [5.74, 6) is -0.298. The van der Waals surface area contributed by atoms with Gasteiger partial charge in [-0.15, -0.1) is 0 Å². The van der Waals surface area contributed by atoms with Gasteiger partial charge in [0.1, 0.15) is 0 Å². The topological polar surface area (TPSA) is 67.8 Å². The molecule has 0 saturated carbocycles. The second-order valence-corrected chi connectivity index (χ2v) is 7.16. The number of halogens is 1. The number of aliphatic imine (C=N–C) groups is 1. The molecule has 0 amide bonds. The maximum atomic E-state index is 13.6. The number of methoxy groups -OCH3 is 1. The maximum absolute atomic E-state index is 13.6. The van der Waals surface area contributed by atoms with E-state index in [1.807, 2.05) is 6.92 Å². The van der Waals surface area contributed by atoms with Crippen molar-refractivity contribution in [1.29, 1.82) is 0 Å². The van der Waals surface area contributed by atoms with Gasteiger partial charge in [-0.1, -0.05) is 13.3 Å². The lowest BCUT2D eigenvalue weighted by Gasteiger charge is -2.06. The number of ether oxygens (including phenoxy) is 1. The van der Waals surface area contributed by atoms with Crippen molar-refractivity contribution in [2.24, 2.45) is 4.99 Å². The Bertz CT molecular complexity index is 834. The molecular formula is C18H21FN2O3S. The molecular weight excluding hydrogens is 343 g/mol. The van der Waals surface area contributed by atoms with Crippen LogP contribution in [-0.4, -0.2) is 28.3 Å². The van der Waals surface area contributed by atoms with Crippen LogP contribution in [0, 0.1) is 5.82 Å². The molecule has 0 unspecified atom stereocenters. The first-order valence-corrected chi connectivity index (χ1v) is 9.42. The van der Waals surface area contributed by atoms with Gasteiger partial charge in [0.25, 0.3) is 0 Å². The van der Waals surface area contributed by atoms with Gasteiger partial charge >= 0.3 is 0 Å². The molecule has 0 aliphatic heterocycles. The normalized spacial score (nSPS) is 11.8. The molecule has 2 aromatic carbocycles. The second-order valence-electron chi connectivity index (χ2n) is 5.40. The molecule has 0 aromatic heterocycles. The first-order chi connectivity index (χ1) is 12.0. The van der Waals surface area contributed by atoms with Crippen molar-refractivity contribution in [3.8, 4) is 5.75 Å². The van der Waals surface area contributed by atoms with E-state index >= 15 is 0 Å². The van der Waals surface area contributed by atoms with Crippen LogP contribution >= 0.6 is 0 Å². The molecule has 2 rings (SSSR count). The number of rotatable bonds is 8. The third kappa shape index (κ3) is 5.37. The second kappa shape index (κ2) is 8.73. The molecule has 0 spiro atoms. The molecule has 0 aliphatic carbocycles. The molecule has 2 aromatic rings. The molecule has 0 fully saturated rings. The van der Waals surface area contributed by atoms with E-state index in [0.717, 1.165) is 12.8 Å². The molecule has 0 radical (unpaired) electrons. The fourth-order valence-electron chi connectivity index (χ4n) is 2.09. The van der Waals surface area contributed by atoms with E-state index in [1.165, 1.54) is 37.6 Å². The van der Waals surface area contributed by atoms with Crippen LogP contribution in [0.5, 0.6) is 5.75 Å². The lowest BCUT2D eigenvalue weighted by molar-refractivity contribution is 0.386. The van der Waals surface area contributed by atoms with Crippen LogP contribution in [0.15, 0.2) is 52.4 Å². The lowest BCUT2D eigenvalue weighted by Crippen LogP contribution is -2.24. The van der Waals surface area contributed by atoms with Gasteiger partial charge in [-0.2, -0.15) is 0 Å². The Balaban J connectivity index is 2.08. The molecule has 1 N–H and O–H groups in total. The Hall–Kier alpha value is -2.25. The van der Waals surface area contributed by atoms with Crippen LogP contribution in [0.4, 0.5) is 10.1 Å². The predicted octanol–water partition coefficient (Wildman–Crippen LogP) is 3.66. The summed E-state index contributed by atoms with van der Waals surface area (Å²) >= 11 is 0. The van der Waals surface area contributed by atoms with Crippen LogP contribution in [0.2, 0.25) is 0 Å². The quantitative estimate of drug-likeness (QED) is 0.574. The van der Waals surface area contributed by atoms with Gasteiger partial charge in [-0.25, -0.2) is 17.5 Å². The van der Waals surface area contributed by atoms with E-state index in [2.05, 4.69) is 9.71 Å². The maximum Gasteiger partial charge on any atom is 0.240 e. The van der Waals surface area contributed by atoms with Gasteiger partial charge in [-0.05, 0) is 54.4 Å². The standard InChI is InChI=1S/C18H21FN2O3S/c1-3-4-11-21-25(22,23)16-8-6-15(7-9-16)20-13-14-5-10-18(24-2)17(19)12-14/h5-10,12-13,21H,3-4,11H2,1-2H3/b20-13+. The predicted molar refractivity (Wildman–Crippen MR) is 96.7 cm³/mol. The Kier molecular flexibility index (Phi) is 6.66. The fourth-order valence-corrected chi connectivity index (χ4v) is 3.16. The number of benzene rings is 2. The number of nitrogens with zero attached hydrogens (tertiary/aromatic N) is 1. The lowest BCUT2D eigenvalue weighted by atomic mass is 10.2. The number of sulfonamides is 1. The van der Waals surface area contributed by atoms with Crippen molar-refractivity contribution < 1.29 is 17.5 Å². The summed E-state index contributed by atoms with van der Waals surface area (Å²) < 4.78 is 45.2. The molecule has 0 bridgehead atoms. The van der Waals surface area contributed by atoms with Gasteiger partial charge in [0, 0.05) is 12.8 Å². The molecule has 0 saturated heterocycles. The van der Waals surface area contributed by atoms with Crippen molar-refractivity contribution in [3.05, 3.63) is 53.8 Å². The number of hydrogen-bond donors (Lipinski definition) is 1. The van der Waals surface area contributed by atoms with Crippen LogP contribution in [0.1, 0.15) is 25.3 Å². The number of nitrogens with one attached hydrogen (secondary N) is 1. The SMILES string of the molecule is CCCCNS(=O)(=O)c1ccc(/N=C/c2ccc(OC)c(F)c2)cc1. The summed E-state index contributed by atoms with van der Waals surface area (Å²) in [6.07, 6.45) is 3.22. The summed E-state index contributed by atoms with van der Waals surface area (Å²) in [6, 6.07) is 10.7. The minimum absolute atomic E-state index is 0.169. The Labute approximate surface area is 147 Å². The molecule has 5 nitrogen and oxygen atoms in total. The third-order valence-corrected chi connectivity index (χ3v) is 4.98. The summed E-state index contributed by atoms with van der Waals surface area (Å²) in [5.41, 5.74) is 1.15. The van der Waals surface area contributed by atoms with E-state index in [1.54, 1.807) is 18.2 Å². The summed E-state index contributed by atoms with van der Waals surface area (Å²) in [5, 5.41) is 0. The molecule has 134 valence electrons. The van der Waals surface area contributed by atoms with Crippen molar-refractivity contribution in [3.63, 3.8) is 0 Å². The van der Waals surface area contributed by atoms with Crippen LogP contribution in [0.25, 0.3) is 0 Å². The summed E-state index contributed by atoms with van der Waals surface area (Å²) in [4.78, 5) is 4.42. The first-order valence-electron chi connectivity index (χ1n) is 7.93. The average Bonchev–Trinajstić information content (AvgIpc) is 2.60. The van der Waals surface area contributed by atoms with Crippen molar-refractivity contribution in [2.75, 3.05) is 13.7 Å². The minimum atomic E-state index is -3.50. The van der Waals surface area contributed by atoms with Gasteiger partial charge in [0.15, 0.2) is 11.6 Å². The van der Waals surface area contributed by atoms with Crippen molar-refractivity contribution in [2.45, 2.75) is 24.7 Å². The van der Waals surface area contributed by atoms with E-state index in [-0.39, 0.29) is 10.6 Å². The highest BCUT2D eigenvalue weighted by molar-refractivity contribution is 7.89. The highest BCUT2D eigenvalue weighted by Gasteiger charge is 2.12. The fraction of sp³-hybridized carbons (Fsp3) is 0.278. The first kappa shape index (κ1) is 19.1. The zero-order valence-electron chi connectivity index (χ0n) is 14.2. The van der Waals surface area contributed by atoms with Crippen LogP contribution in [0.3, 0.4) is 0 Å². The van der Waals surface area contributed by atoms with Gasteiger partial charge in [0.05, 0.1) is 17.7 Å². The van der Waals surface area contributed by atoms with Crippen molar-refractivity contribution >= 4 is 21.9 Å². The highest BCUT2D eigenvalue weighted by atomic mass is 32.2. The van der Waals surface area contributed by atoms with E-state index in [9.17, 15) is 12.8 Å². The largest absolute Gasteiger partial charge is 0.494 e. The molecule has 0 aliphatic rings. The minimum Gasteiger partial charge on any atom is -0.494 e. The highest BCUT2D eigenvalue weighted by Crippen LogP contribution is 2.19. The number of hydrogen-bond acceptors (Lipinski definition) is 4. The molecule has 7 heteroatoms. The zero-order chi connectivity index (χ0) is 18.3. The van der Waals surface area contributed by atoms with Gasteiger partial charge in [-0.3, -0.25) is 4.99 Å². The summed E-state index contributed by atoms with van der Waals surface area (Å²) in [7, 11) is -2.09. The Morgan fingerprint density at radius 1 is 1.20 bits per heavy atom.